The SMILES string of the molecule is CC(C)(C)c1ccc(-c2nc(-c3ccc(C(C)(C)C)cc3)nc(-c3cc4c5ccccc5n(-c5ccccn5)c4cc3Oc3cccc([N+]4=C=[N+](c5ccc(C(C)(C)C)cc5)C=C4)c3)n2)cc1. The van der Waals surface area contributed by atoms with Crippen LogP contribution >= 0.6 is 0 Å². The number of ether oxygens (including phenoxy) is 1. The fourth-order valence-corrected chi connectivity index (χ4v) is 8.53. The lowest BCUT2D eigenvalue weighted by atomic mass is 9.86. The number of pyridine rings is 1. The predicted octanol–water partition coefficient (Wildman–Crippen LogP) is 14.7. The van der Waals surface area contributed by atoms with E-state index in [0.717, 1.165) is 55.7 Å². The Hall–Kier alpha value is -7.80. The maximum Gasteiger partial charge on any atom is 0.501 e. The van der Waals surface area contributed by atoms with Gasteiger partial charge in [0.1, 0.15) is 17.3 Å². The molecule has 0 aliphatic carbocycles. The second kappa shape index (κ2) is 16.6. The van der Waals surface area contributed by atoms with Crippen LogP contribution in [-0.2, 0) is 16.2 Å². The normalized spacial score (nSPS) is 13.0. The van der Waals surface area contributed by atoms with Gasteiger partial charge in [-0.05, 0) is 63.3 Å². The molecule has 0 amide bonds. The van der Waals surface area contributed by atoms with Crippen LogP contribution in [0.15, 0.2) is 170 Å². The van der Waals surface area contributed by atoms with Crippen molar-refractivity contribution < 1.29 is 13.9 Å². The third-order valence-electron chi connectivity index (χ3n) is 12.5. The van der Waals surface area contributed by atoms with Gasteiger partial charge in [-0.15, -0.1) is 0 Å². The van der Waals surface area contributed by atoms with Crippen LogP contribution in [0.1, 0.15) is 79.0 Å². The molecular weight excluding hydrogens is 823 g/mol. The van der Waals surface area contributed by atoms with Crippen molar-refractivity contribution in [2.75, 3.05) is 0 Å². The zero-order valence-electron chi connectivity index (χ0n) is 39.7. The first-order valence-corrected chi connectivity index (χ1v) is 23.0. The highest BCUT2D eigenvalue weighted by atomic mass is 16.5. The molecule has 67 heavy (non-hydrogen) atoms. The van der Waals surface area contributed by atoms with Gasteiger partial charge in [-0.3, -0.25) is 4.57 Å². The molecule has 0 spiro atoms. The van der Waals surface area contributed by atoms with E-state index in [2.05, 4.69) is 188 Å². The first-order valence-electron chi connectivity index (χ1n) is 23.0. The Bertz CT molecular complexity index is 3350. The van der Waals surface area contributed by atoms with E-state index in [1.807, 2.05) is 64.1 Å². The first kappa shape index (κ1) is 43.1. The molecule has 0 N–H and O–H groups in total. The fourth-order valence-electron chi connectivity index (χ4n) is 8.53. The molecule has 0 saturated carbocycles. The minimum Gasteiger partial charge on any atom is -0.456 e. The van der Waals surface area contributed by atoms with E-state index < -0.39 is 0 Å². The summed E-state index contributed by atoms with van der Waals surface area (Å²) in [5.74, 6) is 3.69. The molecule has 0 saturated heterocycles. The minimum absolute atomic E-state index is 0.00493. The highest BCUT2D eigenvalue weighted by Gasteiger charge is 2.26. The van der Waals surface area contributed by atoms with Crippen molar-refractivity contribution in [2.24, 2.45) is 0 Å². The van der Waals surface area contributed by atoms with Crippen molar-refractivity contribution in [3.63, 3.8) is 0 Å². The Morgan fingerprint density at radius 3 is 1.61 bits per heavy atom. The minimum atomic E-state index is -0.00493. The molecule has 0 bridgehead atoms. The quantitative estimate of drug-likeness (QED) is 0.142. The van der Waals surface area contributed by atoms with Gasteiger partial charge in [0.15, 0.2) is 17.5 Å². The highest BCUT2D eigenvalue weighted by molar-refractivity contribution is 6.11. The summed E-state index contributed by atoms with van der Waals surface area (Å²) >= 11 is 0. The molecule has 8 heteroatoms. The van der Waals surface area contributed by atoms with E-state index in [9.17, 15) is 0 Å². The fraction of sp³-hybridized carbons (Fsp3) is 0.203. The number of benzene rings is 6. The standard InChI is InChI=1S/C59H55N7O/c1-57(2,3)41-24-20-39(21-25-41)54-61-55(40-22-26-42(27-23-40)58(4,5)6)63-56(62-54)49-36-48-47-17-10-11-18-50(47)66(53-19-12-13-32-60-53)51(48)37-52(49)67-46-16-14-15-45(35-46)65-34-33-64(38-65)44-30-28-43(29-31-44)59(7,8)9/h10-37H,1-9H3/q+2. The second-order valence-corrected chi connectivity index (χ2v) is 20.4. The van der Waals surface area contributed by atoms with Crippen LogP contribution in [0.3, 0.4) is 0 Å². The lowest BCUT2D eigenvalue weighted by molar-refractivity contribution is -0.387. The third kappa shape index (κ3) is 8.60. The summed E-state index contributed by atoms with van der Waals surface area (Å²) in [6, 6.07) is 56.0. The summed E-state index contributed by atoms with van der Waals surface area (Å²) in [7, 11) is 0. The number of fused-ring (bicyclic) bond motifs is 3. The molecule has 6 aromatic carbocycles. The molecular formula is C59H55N7O+2. The molecule has 0 radical (unpaired) electrons. The van der Waals surface area contributed by atoms with Crippen molar-refractivity contribution >= 4 is 39.2 Å². The average molecular weight is 878 g/mol. The van der Waals surface area contributed by atoms with E-state index in [1.165, 1.54) is 16.7 Å². The summed E-state index contributed by atoms with van der Waals surface area (Å²) < 4.78 is 13.3. The molecule has 3 aromatic heterocycles. The lowest BCUT2D eigenvalue weighted by Crippen LogP contribution is -2.11. The number of nitrogens with zero attached hydrogens (tertiary/aromatic N) is 7. The van der Waals surface area contributed by atoms with Crippen molar-refractivity contribution in [3.8, 4) is 51.5 Å². The van der Waals surface area contributed by atoms with Gasteiger partial charge in [-0.2, -0.15) is 0 Å². The van der Waals surface area contributed by atoms with E-state index >= 15 is 0 Å². The van der Waals surface area contributed by atoms with E-state index in [4.69, 9.17) is 24.7 Å². The van der Waals surface area contributed by atoms with Crippen LogP contribution in [0.4, 0.5) is 11.4 Å². The van der Waals surface area contributed by atoms with E-state index in [1.54, 1.807) is 0 Å². The van der Waals surface area contributed by atoms with Gasteiger partial charge in [0.05, 0.1) is 22.7 Å². The van der Waals surface area contributed by atoms with Crippen molar-refractivity contribution in [3.05, 3.63) is 187 Å². The largest absolute Gasteiger partial charge is 0.501 e. The van der Waals surface area contributed by atoms with Crippen LogP contribution in [0.2, 0.25) is 0 Å². The van der Waals surface area contributed by atoms with Gasteiger partial charge in [0.25, 0.3) is 12.4 Å². The highest BCUT2D eigenvalue weighted by Crippen LogP contribution is 2.42. The Morgan fingerprint density at radius 2 is 1.03 bits per heavy atom. The van der Waals surface area contributed by atoms with Crippen LogP contribution in [-0.4, -0.2) is 39.7 Å². The second-order valence-electron chi connectivity index (χ2n) is 20.4. The van der Waals surface area contributed by atoms with Gasteiger partial charge in [-0.25, -0.2) is 19.9 Å². The molecule has 0 atom stereocenters. The smallest absolute Gasteiger partial charge is 0.456 e. The van der Waals surface area contributed by atoms with Gasteiger partial charge >= 0.3 is 6.01 Å². The molecule has 0 unspecified atom stereocenters. The Kier molecular flexibility index (Phi) is 10.7. The van der Waals surface area contributed by atoms with Gasteiger partial charge in [0, 0.05) is 52.4 Å². The molecule has 10 rings (SSSR count). The molecule has 1 aliphatic rings. The summed E-state index contributed by atoms with van der Waals surface area (Å²) in [5.41, 5.74) is 10.3. The van der Waals surface area contributed by atoms with E-state index in [0.29, 0.717) is 29.0 Å². The van der Waals surface area contributed by atoms with Crippen LogP contribution in [0.25, 0.3) is 61.8 Å². The average Bonchev–Trinajstić information content (AvgIpc) is 3.95. The zero-order chi connectivity index (χ0) is 46.7. The molecule has 1 aliphatic heterocycles. The van der Waals surface area contributed by atoms with Gasteiger partial charge in [0.2, 0.25) is 11.4 Å². The topological polar surface area (TPSA) is 71.7 Å². The number of hydrogen-bond donors (Lipinski definition) is 0. The summed E-state index contributed by atoms with van der Waals surface area (Å²) in [6.45, 7) is 20.0. The van der Waals surface area contributed by atoms with Gasteiger partial charge in [-0.1, -0.05) is 162 Å². The first-order chi connectivity index (χ1) is 32.1. The van der Waals surface area contributed by atoms with Crippen molar-refractivity contribution in [2.45, 2.75) is 78.6 Å². The van der Waals surface area contributed by atoms with Crippen LogP contribution in [0, 0.1) is 0 Å². The summed E-state index contributed by atoms with van der Waals surface area (Å²) in [5, 5.41) is 2.10. The Balaban J connectivity index is 1.15. The third-order valence-corrected chi connectivity index (χ3v) is 12.5. The van der Waals surface area contributed by atoms with Crippen molar-refractivity contribution in [1.29, 1.82) is 0 Å². The molecule has 330 valence electrons. The predicted molar refractivity (Wildman–Crippen MR) is 271 cm³/mol. The number of para-hydroxylation sites is 1. The number of hydrogen-bond acceptors (Lipinski definition) is 5. The number of aromatic nitrogens is 5. The lowest BCUT2D eigenvalue weighted by Gasteiger charge is -2.19. The van der Waals surface area contributed by atoms with Gasteiger partial charge < -0.3 is 4.74 Å². The summed E-state index contributed by atoms with van der Waals surface area (Å²) in [6.07, 6.45) is 5.85. The molecule has 0 fully saturated rings. The Labute approximate surface area is 393 Å². The summed E-state index contributed by atoms with van der Waals surface area (Å²) in [4.78, 5) is 20.5. The van der Waals surface area contributed by atoms with E-state index in [-0.39, 0.29) is 16.2 Å². The van der Waals surface area contributed by atoms with Crippen LogP contribution < -0.4 is 4.74 Å². The number of rotatable bonds is 8. The Morgan fingerprint density at radius 1 is 0.478 bits per heavy atom. The van der Waals surface area contributed by atoms with Crippen LogP contribution in [0.5, 0.6) is 11.5 Å². The van der Waals surface area contributed by atoms with Crippen molar-refractivity contribution in [1.82, 2.24) is 24.5 Å². The maximum atomic E-state index is 7.09. The molecule has 4 heterocycles. The molecule has 8 nitrogen and oxygen atoms in total. The molecule has 9 aromatic rings. The monoisotopic (exact) mass is 877 g/mol. The maximum absolute atomic E-state index is 7.09. The zero-order valence-corrected chi connectivity index (χ0v) is 39.7.